The number of esters is 1. The van der Waals surface area contributed by atoms with Crippen molar-refractivity contribution in [2.45, 2.75) is 6.54 Å². The van der Waals surface area contributed by atoms with Crippen molar-refractivity contribution in [2.24, 2.45) is 0 Å². The number of pyridine rings is 1. The van der Waals surface area contributed by atoms with E-state index < -0.39 is 5.97 Å². The molecule has 2 aromatic heterocycles. The number of para-hydroxylation sites is 1. The first-order valence-electron chi connectivity index (χ1n) is 9.90. The first kappa shape index (κ1) is 19.9. The molecule has 0 saturated heterocycles. The summed E-state index contributed by atoms with van der Waals surface area (Å²) in [5.74, 6) is 0.0589. The number of ether oxygens (including phenoxy) is 4. The van der Waals surface area contributed by atoms with Crippen LogP contribution >= 0.6 is 0 Å². The molecule has 0 spiro atoms. The van der Waals surface area contributed by atoms with Crippen molar-refractivity contribution in [3.63, 3.8) is 0 Å². The molecule has 0 unspecified atom stereocenters. The highest BCUT2D eigenvalue weighted by atomic mass is 16.5. The van der Waals surface area contributed by atoms with Crippen LogP contribution < -0.4 is 14.2 Å². The predicted octanol–water partition coefficient (Wildman–Crippen LogP) is 3.59. The molecule has 0 atom stereocenters. The molecule has 32 heavy (non-hydrogen) atoms. The number of carbonyl (C=O) groups excluding carboxylic acids is 2. The predicted molar refractivity (Wildman–Crippen MR) is 117 cm³/mol. The lowest BCUT2D eigenvalue weighted by Crippen LogP contribution is -2.13. The van der Waals surface area contributed by atoms with Gasteiger partial charge in [-0.25, -0.2) is 9.78 Å². The average molecular weight is 432 g/mol. The molecule has 8 heteroatoms. The van der Waals surface area contributed by atoms with Crippen molar-refractivity contribution in [1.29, 1.82) is 0 Å². The summed E-state index contributed by atoms with van der Waals surface area (Å²) in [4.78, 5) is 30.7. The Hall–Kier alpha value is -4.07. The van der Waals surface area contributed by atoms with Gasteiger partial charge in [0.1, 0.15) is 11.4 Å². The second-order valence-corrected chi connectivity index (χ2v) is 7.36. The number of fused-ring (bicyclic) bond motifs is 4. The van der Waals surface area contributed by atoms with Crippen molar-refractivity contribution < 1.29 is 28.5 Å². The van der Waals surface area contributed by atoms with Crippen LogP contribution in [0.5, 0.6) is 17.2 Å². The van der Waals surface area contributed by atoms with Crippen LogP contribution in [0.15, 0.2) is 36.4 Å². The summed E-state index contributed by atoms with van der Waals surface area (Å²) in [5, 5.41) is 1.67. The maximum Gasteiger partial charge on any atom is 0.356 e. The smallest absolute Gasteiger partial charge is 0.356 e. The number of methoxy groups -OCH3 is 4. The first-order valence-corrected chi connectivity index (χ1v) is 9.90. The lowest BCUT2D eigenvalue weighted by atomic mass is 9.98. The Kier molecular flexibility index (Phi) is 4.51. The molecule has 0 bridgehead atoms. The normalized spacial score (nSPS) is 12.4. The van der Waals surface area contributed by atoms with E-state index in [2.05, 4.69) is 4.98 Å². The molecule has 0 amide bonds. The fraction of sp³-hybridized carbons (Fsp3) is 0.208. The average Bonchev–Trinajstić information content (AvgIpc) is 3.08. The molecule has 0 radical (unpaired) electrons. The van der Waals surface area contributed by atoms with Crippen LogP contribution in [0.25, 0.3) is 21.8 Å². The van der Waals surface area contributed by atoms with E-state index in [-0.39, 0.29) is 22.9 Å². The van der Waals surface area contributed by atoms with Crippen molar-refractivity contribution >= 4 is 33.6 Å². The highest BCUT2D eigenvalue weighted by Crippen LogP contribution is 2.45. The topological polar surface area (TPSA) is 88.9 Å². The van der Waals surface area contributed by atoms with Gasteiger partial charge in [0, 0.05) is 22.8 Å². The van der Waals surface area contributed by atoms with E-state index in [1.165, 1.54) is 28.4 Å². The third-order valence-electron chi connectivity index (χ3n) is 5.82. The molecular weight excluding hydrogens is 412 g/mol. The number of hydrogen-bond donors (Lipinski definition) is 0. The van der Waals surface area contributed by atoms with Crippen LogP contribution in [0.1, 0.15) is 32.1 Å². The molecule has 0 N–H and O–H groups in total. The van der Waals surface area contributed by atoms with E-state index in [0.717, 1.165) is 16.3 Å². The molecule has 162 valence electrons. The van der Waals surface area contributed by atoms with E-state index in [1.807, 2.05) is 28.8 Å². The Morgan fingerprint density at radius 2 is 1.72 bits per heavy atom. The fourth-order valence-electron chi connectivity index (χ4n) is 4.48. The summed E-state index contributed by atoms with van der Waals surface area (Å²) >= 11 is 0. The standard InChI is InChI=1S/C24H20N2O6/c1-29-17-9-12-11-26-16-8-6-5-7-13(16)14-10-15(24(28)32-4)25-19(20(14)26)21(27)18(12)23(31-3)22(17)30-2/h5-10H,11H2,1-4H3. The summed E-state index contributed by atoms with van der Waals surface area (Å²) < 4.78 is 23.5. The van der Waals surface area contributed by atoms with Gasteiger partial charge in [0.15, 0.2) is 11.5 Å². The number of hydrogen-bond acceptors (Lipinski definition) is 7. The van der Waals surface area contributed by atoms with E-state index >= 15 is 0 Å². The highest BCUT2D eigenvalue weighted by Gasteiger charge is 2.33. The Morgan fingerprint density at radius 3 is 2.41 bits per heavy atom. The minimum Gasteiger partial charge on any atom is -0.493 e. The van der Waals surface area contributed by atoms with Gasteiger partial charge in [-0.2, -0.15) is 0 Å². The zero-order chi connectivity index (χ0) is 22.6. The Balaban J connectivity index is 1.94. The monoisotopic (exact) mass is 432 g/mol. The largest absolute Gasteiger partial charge is 0.493 e. The second kappa shape index (κ2) is 7.26. The molecule has 0 saturated carbocycles. The lowest BCUT2D eigenvalue weighted by Gasteiger charge is -2.18. The maximum atomic E-state index is 13.9. The lowest BCUT2D eigenvalue weighted by molar-refractivity contribution is 0.0594. The third kappa shape index (κ3) is 2.59. The second-order valence-electron chi connectivity index (χ2n) is 7.36. The minimum absolute atomic E-state index is 0.0640. The van der Waals surface area contributed by atoms with Gasteiger partial charge in [-0.3, -0.25) is 4.79 Å². The Bertz CT molecular complexity index is 1440. The van der Waals surface area contributed by atoms with Gasteiger partial charge in [-0.05, 0) is 23.8 Å². The summed E-state index contributed by atoms with van der Waals surface area (Å²) in [6, 6.07) is 11.2. The number of nitrogens with zero attached hydrogens (tertiary/aromatic N) is 2. The van der Waals surface area contributed by atoms with Crippen LogP contribution in [0.2, 0.25) is 0 Å². The van der Waals surface area contributed by atoms with Crippen molar-refractivity contribution in [1.82, 2.24) is 9.55 Å². The molecule has 0 aliphatic carbocycles. The van der Waals surface area contributed by atoms with Gasteiger partial charge in [-0.15, -0.1) is 0 Å². The first-order chi connectivity index (χ1) is 15.5. The van der Waals surface area contributed by atoms with E-state index in [9.17, 15) is 9.59 Å². The number of rotatable bonds is 4. The number of ketones is 1. The summed E-state index contributed by atoms with van der Waals surface area (Å²) in [7, 11) is 5.77. The summed E-state index contributed by atoms with van der Waals surface area (Å²) in [6.07, 6.45) is 0. The van der Waals surface area contributed by atoms with E-state index in [1.54, 1.807) is 12.1 Å². The molecule has 8 nitrogen and oxygen atoms in total. The minimum atomic E-state index is -0.614. The third-order valence-corrected chi connectivity index (χ3v) is 5.82. The number of benzene rings is 2. The van der Waals surface area contributed by atoms with Gasteiger partial charge in [0.25, 0.3) is 0 Å². The van der Waals surface area contributed by atoms with E-state index in [0.29, 0.717) is 34.7 Å². The van der Waals surface area contributed by atoms with Crippen LogP contribution in [0.3, 0.4) is 0 Å². The van der Waals surface area contributed by atoms with Gasteiger partial charge in [-0.1, -0.05) is 18.2 Å². The quantitative estimate of drug-likeness (QED) is 0.401. The maximum absolute atomic E-state index is 13.9. The number of aromatic nitrogens is 2. The van der Waals surface area contributed by atoms with Gasteiger partial charge < -0.3 is 23.5 Å². The Labute approximate surface area is 183 Å². The van der Waals surface area contributed by atoms with E-state index in [4.69, 9.17) is 18.9 Å². The molecule has 1 aliphatic heterocycles. The number of carbonyl (C=O) groups is 2. The summed E-state index contributed by atoms with van der Waals surface area (Å²) in [5.41, 5.74) is 2.82. The highest BCUT2D eigenvalue weighted by molar-refractivity contribution is 6.22. The SMILES string of the molecule is COC(=O)c1cc2c3ccccc3n3c2c(n1)C(=O)c1c(cc(OC)c(OC)c1OC)C3. The zero-order valence-corrected chi connectivity index (χ0v) is 18.0. The zero-order valence-electron chi connectivity index (χ0n) is 18.0. The van der Waals surface area contributed by atoms with Crippen LogP contribution in [0.4, 0.5) is 0 Å². The molecule has 2 aromatic carbocycles. The Morgan fingerprint density at radius 1 is 0.969 bits per heavy atom. The molecule has 1 aliphatic rings. The van der Waals surface area contributed by atoms with Crippen molar-refractivity contribution in [2.75, 3.05) is 28.4 Å². The van der Waals surface area contributed by atoms with Gasteiger partial charge in [0.2, 0.25) is 11.5 Å². The van der Waals surface area contributed by atoms with Crippen LogP contribution in [-0.4, -0.2) is 49.7 Å². The van der Waals surface area contributed by atoms with Crippen molar-refractivity contribution in [3.05, 3.63) is 58.9 Å². The van der Waals surface area contributed by atoms with Gasteiger partial charge in [0.05, 0.1) is 39.5 Å². The molecule has 3 heterocycles. The van der Waals surface area contributed by atoms with Crippen LogP contribution in [-0.2, 0) is 11.3 Å². The van der Waals surface area contributed by atoms with Gasteiger partial charge >= 0.3 is 5.97 Å². The fourth-order valence-corrected chi connectivity index (χ4v) is 4.48. The molecule has 0 fully saturated rings. The molecule has 5 rings (SSSR count). The molecule has 4 aromatic rings. The van der Waals surface area contributed by atoms with Crippen molar-refractivity contribution in [3.8, 4) is 17.2 Å². The summed E-state index contributed by atoms with van der Waals surface area (Å²) in [6.45, 7) is 0.383. The molecular formula is C24H20N2O6. The van der Waals surface area contributed by atoms with Crippen LogP contribution in [0, 0.1) is 0 Å².